The van der Waals surface area contributed by atoms with Gasteiger partial charge in [-0.2, -0.15) is 0 Å². The summed E-state index contributed by atoms with van der Waals surface area (Å²) in [5, 5.41) is 2.19. The minimum atomic E-state index is -0.872. The van der Waals surface area contributed by atoms with Crippen LogP contribution in [-0.2, 0) is 15.0 Å². The maximum atomic E-state index is 13.3. The number of anilines is 1. The summed E-state index contributed by atoms with van der Waals surface area (Å²) < 4.78 is 15.4. The second kappa shape index (κ2) is 8.41. The molecule has 0 spiro atoms. The quantitative estimate of drug-likeness (QED) is 0.432. The molecule has 1 N–H and O–H groups in total. The number of amides is 4. The lowest BCUT2D eigenvalue weighted by Crippen LogP contribution is -2.54. The van der Waals surface area contributed by atoms with E-state index in [1.165, 1.54) is 23.8 Å². The lowest BCUT2D eigenvalue weighted by atomic mass is 9.87. The van der Waals surface area contributed by atoms with Gasteiger partial charge in [-0.15, -0.1) is 0 Å². The van der Waals surface area contributed by atoms with E-state index in [0.717, 1.165) is 34.1 Å². The maximum absolute atomic E-state index is 13.3. The van der Waals surface area contributed by atoms with Crippen LogP contribution in [0.25, 0.3) is 11.8 Å². The third-order valence-electron chi connectivity index (χ3n) is 5.95. The number of urea groups is 1. The van der Waals surface area contributed by atoms with Crippen molar-refractivity contribution >= 4 is 29.6 Å². The van der Waals surface area contributed by atoms with E-state index >= 15 is 0 Å². The Morgan fingerprint density at radius 2 is 1.47 bits per heavy atom. The molecule has 174 valence electrons. The number of halogens is 1. The first-order valence-electron chi connectivity index (χ1n) is 10.9. The molecule has 7 heteroatoms. The predicted molar refractivity (Wildman–Crippen MR) is 129 cm³/mol. The van der Waals surface area contributed by atoms with Gasteiger partial charge in [0.25, 0.3) is 11.8 Å². The van der Waals surface area contributed by atoms with Crippen LogP contribution in [0.3, 0.4) is 0 Å². The van der Waals surface area contributed by atoms with Gasteiger partial charge >= 0.3 is 6.03 Å². The Kier molecular flexibility index (Phi) is 5.73. The Bertz CT molecular complexity index is 1330. The number of carbonyl (C=O) groups excluding carboxylic acids is 3. The molecule has 34 heavy (non-hydrogen) atoms. The smallest absolute Gasteiger partial charge is 0.318 e. The van der Waals surface area contributed by atoms with Crippen LogP contribution in [0.1, 0.15) is 43.3 Å². The SMILES string of the molecule is Cc1cc(/C=C2\C(=O)NC(=O)N(c3ccc(F)cc3)C2=O)c(C)n1-c1ccc(C(C)(C)C)cc1. The maximum Gasteiger partial charge on any atom is 0.335 e. The van der Waals surface area contributed by atoms with E-state index in [4.69, 9.17) is 0 Å². The summed E-state index contributed by atoms with van der Waals surface area (Å²) in [5.41, 5.74) is 4.69. The van der Waals surface area contributed by atoms with Crippen LogP contribution in [0, 0.1) is 19.7 Å². The van der Waals surface area contributed by atoms with Crippen LogP contribution in [0.4, 0.5) is 14.9 Å². The van der Waals surface area contributed by atoms with Crippen molar-refractivity contribution in [1.29, 1.82) is 0 Å². The fraction of sp³-hybridized carbons (Fsp3) is 0.222. The molecule has 1 aromatic heterocycles. The Hall–Kier alpha value is -4.00. The predicted octanol–water partition coefficient (Wildman–Crippen LogP) is 5.20. The molecule has 0 atom stereocenters. The molecule has 2 aromatic carbocycles. The van der Waals surface area contributed by atoms with Gasteiger partial charge in [0.1, 0.15) is 11.4 Å². The second-order valence-corrected chi connectivity index (χ2v) is 9.39. The van der Waals surface area contributed by atoms with Crippen molar-refractivity contribution in [3.8, 4) is 5.69 Å². The van der Waals surface area contributed by atoms with Crippen LogP contribution >= 0.6 is 0 Å². The van der Waals surface area contributed by atoms with Crippen molar-refractivity contribution in [3.63, 3.8) is 0 Å². The molecular weight excluding hydrogens is 433 g/mol. The molecule has 1 fully saturated rings. The van der Waals surface area contributed by atoms with Gasteiger partial charge < -0.3 is 4.57 Å². The average molecular weight is 460 g/mol. The third-order valence-corrected chi connectivity index (χ3v) is 5.95. The van der Waals surface area contributed by atoms with Gasteiger partial charge in [-0.25, -0.2) is 14.1 Å². The standard InChI is InChI=1S/C27H26FN3O3/c1-16-14-18(17(2)30(16)21-10-6-19(7-11-21)27(3,4)5)15-23-24(32)29-26(34)31(25(23)33)22-12-8-20(28)9-13-22/h6-15H,1-5H3,(H,29,32,34)/b23-15+. The Labute approximate surface area is 197 Å². The molecule has 6 nitrogen and oxygen atoms in total. The fourth-order valence-electron chi connectivity index (χ4n) is 4.08. The monoisotopic (exact) mass is 459 g/mol. The molecule has 0 bridgehead atoms. The number of aromatic nitrogens is 1. The van der Waals surface area contributed by atoms with Crippen LogP contribution < -0.4 is 10.2 Å². The number of rotatable bonds is 3. The number of hydrogen-bond donors (Lipinski definition) is 1. The number of hydrogen-bond acceptors (Lipinski definition) is 3. The van der Waals surface area contributed by atoms with Crippen LogP contribution in [0.5, 0.6) is 0 Å². The first-order chi connectivity index (χ1) is 16.0. The molecule has 4 rings (SSSR count). The van der Waals surface area contributed by atoms with E-state index in [1.54, 1.807) is 0 Å². The molecule has 0 radical (unpaired) electrons. The minimum Gasteiger partial charge on any atom is -0.318 e. The zero-order valence-corrected chi connectivity index (χ0v) is 19.8. The molecule has 2 heterocycles. The molecule has 1 saturated heterocycles. The fourth-order valence-corrected chi connectivity index (χ4v) is 4.08. The average Bonchev–Trinajstić information content (AvgIpc) is 3.04. The summed E-state index contributed by atoms with van der Waals surface area (Å²) in [5.74, 6) is -2.03. The van der Waals surface area contributed by atoms with Crippen molar-refractivity contribution in [3.05, 3.63) is 88.5 Å². The summed E-state index contributed by atoms with van der Waals surface area (Å²) in [6.45, 7) is 10.3. The molecule has 4 amide bonds. The minimum absolute atomic E-state index is 0.0391. The highest BCUT2D eigenvalue weighted by atomic mass is 19.1. The summed E-state index contributed by atoms with van der Waals surface area (Å²) in [6, 6.07) is 14.2. The van der Waals surface area contributed by atoms with Crippen molar-refractivity contribution in [2.24, 2.45) is 0 Å². The number of nitrogens with zero attached hydrogens (tertiary/aromatic N) is 2. The van der Waals surface area contributed by atoms with Gasteiger partial charge in [0.05, 0.1) is 5.69 Å². The largest absolute Gasteiger partial charge is 0.335 e. The Balaban J connectivity index is 1.72. The number of carbonyl (C=O) groups is 3. The van der Waals surface area contributed by atoms with E-state index in [-0.39, 0.29) is 16.7 Å². The van der Waals surface area contributed by atoms with Crippen molar-refractivity contribution in [1.82, 2.24) is 9.88 Å². The zero-order chi connectivity index (χ0) is 24.8. The first kappa shape index (κ1) is 23.2. The summed E-state index contributed by atoms with van der Waals surface area (Å²) in [7, 11) is 0. The molecule has 3 aromatic rings. The molecule has 1 aliphatic rings. The third kappa shape index (κ3) is 4.17. The van der Waals surface area contributed by atoms with E-state index in [1.807, 2.05) is 36.6 Å². The number of nitrogens with one attached hydrogen (secondary N) is 1. The topological polar surface area (TPSA) is 71.4 Å². The van der Waals surface area contributed by atoms with E-state index in [0.29, 0.717) is 5.56 Å². The number of aryl methyl sites for hydroxylation is 1. The van der Waals surface area contributed by atoms with Gasteiger partial charge in [0.15, 0.2) is 0 Å². The van der Waals surface area contributed by atoms with Crippen LogP contribution in [-0.4, -0.2) is 22.4 Å². The first-order valence-corrected chi connectivity index (χ1v) is 10.9. The number of barbiturate groups is 1. The highest BCUT2D eigenvalue weighted by Crippen LogP contribution is 2.28. The van der Waals surface area contributed by atoms with Gasteiger partial charge in [0.2, 0.25) is 0 Å². The summed E-state index contributed by atoms with van der Waals surface area (Å²) in [6.07, 6.45) is 1.49. The molecule has 0 unspecified atom stereocenters. The Morgan fingerprint density at radius 3 is 2.06 bits per heavy atom. The number of benzene rings is 2. The molecular formula is C27H26FN3O3. The van der Waals surface area contributed by atoms with E-state index in [2.05, 4.69) is 38.2 Å². The van der Waals surface area contributed by atoms with Crippen molar-refractivity contribution < 1.29 is 18.8 Å². The molecule has 0 aliphatic carbocycles. The van der Waals surface area contributed by atoms with Gasteiger partial charge in [-0.1, -0.05) is 32.9 Å². The number of imide groups is 2. The molecule has 1 aliphatic heterocycles. The van der Waals surface area contributed by atoms with Crippen LogP contribution in [0.15, 0.2) is 60.2 Å². The van der Waals surface area contributed by atoms with Gasteiger partial charge in [0, 0.05) is 17.1 Å². The second-order valence-electron chi connectivity index (χ2n) is 9.39. The highest BCUT2D eigenvalue weighted by Gasteiger charge is 2.37. The van der Waals surface area contributed by atoms with Gasteiger partial charge in [-0.05, 0) is 78.9 Å². The van der Waals surface area contributed by atoms with Crippen molar-refractivity contribution in [2.45, 2.75) is 40.0 Å². The lowest BCUT2D eigenvalue weighted by molar-refractivity contribution is -0.122. The van der Waals surface area contributed by atoms with Crippen LogP contribution in [0.2, 0.25) is 0 Å². The lowest BCUT2D eigenvalue weighted by Gasteiger charge is -2.26. The van der Waals surface area contributed by atoms with E-state index < -0.39 is 23.7 Å². The molecule has 0 saturated carbocycles. The summed E-state index contributed by atoms with van der Waals surface area (Å²) >= 11 is 0. The van der Waals surface area contributed by atoms with E-state index in [9.17, 15) is 18.8 Å². The van der Waals surface area contributed by atoms with Gasteiger partial charge in [-0.3, -0.25) is 14.9 Å². The van der Waals surface area contributed by atoms with Crippen molar-refractivity contribution in [2.75, 3.05) is 4.90 Å². The Morgan fingerprint density at radius 1 is 0.882 bits per heavy atom. The zero-order valence-electron chi connectivity index (χ0n) is 19.8. The summed E-state index contributed by atoms with van der Waals surface area (Å²) in [4.78, 5) is 38.8. The highest BCUT2D eigenvalue weighted by molar-refractivity contribution is 6.39. The normalized spacial score (nSPS) is 15.8.